The summed E-state index contributed by atoms with van der Waals surface area (Å²) in [4.78, 5) is 17.0. The number of halogens is 2. The molecule has 6 nitrogen and oxygen atoms in total. The Bertz CT molecular complexity index is 825. The van der Waals surface area contributed by atoms with Crippen LogP contribution in [0.5, 0.6) is 5.75 Å². The molecule has 0 radical (unpaired) electrons. The fraction of sp³-hybridized carbons (Fsp3) is 0.333. The highest BCUT2D eigenvalue weighted by Crippen LogP contribution is 2.29. The van der Waals surface area contributed by atoms with Crippen molar-refractivity contribution in [1.29, 1.82) is 0 Å². The molecule has 0 unspecified atom stereocenters. The van der Waals surface area contributed by atoms with Crippen molar-refractivity contribution in [2.24, 2.45) is 0 Å². The Balaban J connectivity index is 1.85. The summed E-state index contributed by atoms with van der Waals surface area (Å²) in [7, 11) is 1.38. The normalized spacial score (nSPS) is 14.9. The predicted molar refractivity (Wildman–Crippen MR) is 99.6 cm³/mol. The smallest absolute Gasteiger partial charge is 0.200 e. The van der Waals surface area contributed by atoms with Crippen molar-refractivity contribution in [3.05, 3.63) is 46.2 Å². The quantitative estimate of drug-likeness (QED) is 0.693. The number of rotatable bonds is 5. The van der Waals surface area contributed by atoms with Crippen molar-refractivity contribution in [2.75, 3.05) is 31.2 Å². The first-order chi connectivity index (χ1) is 12.5. The molecular formula is C18H20ClFN4O2. The van der Waals surface area contributed by atoms with Crippen LogP contribution in [0.15, 0.2) is 24.3 Å². The van der Waals surface area contributed by atoms with Crippen LogP contribution in [0.4, 0.5) is 16.0 Å². The van der Waals surface area contributed by atoms with Gasteiger partial charge in [-0.05, 0) is 44.1 Å². The van der Waals surface area contributed by atoms with Crippen LogP contribution in [0.2, 0.25) is 5.02 Å². The third-order valence-electron chi connectivity index (χ3n) is 4.35. The van der Waals surface area contributed by atoms with Crippen LogP contribution in [-0.2, 0) is 0 Å². The van der Waals surface area contributed by atoms with E-state index >= 15 is 0 Å². The van der Waals surface area contributed by atoms with Gasteiger partial charge >= 0.3 is 0 Å². The van der Waals surface area contributed by atoms with E-state index in [-0.39, 0.29) is 27.7 Å². The van der Waals surface area contributed by atoms with Gasteiger partial charge in [0, 0.05) is 12.1 Å². The van der Waals surface area contributed by atoms with Crippen LogP contribution in [0.3, 0.4) is 0 Å². The van der Waals surface area contributed by atoms with Crippen LogP contribution in [-0.4, -0.2) is 37.0 Å². The summed E-state index contributed by atoms with van der Waals surface area (Å²) in [5.74, 6) is -0.313. The lowest BCUT2D eigenvalue weighted by Crippen LogP contribution is -2.35. The zero-order valence-electron chi connectivity index (χ0n) is 14.3. The van der Waals surface area contributed by atoms with Gasteiger partial charge in [-0.15, -0.1) is 0 Å². The summed E-state index contributed by atoms with van der Waals surface area (Å²) in [6.07, 6.45) is 1.98. The third-order valence-corrected chi connectivity index (χ3v) is 4.64. The van der Waals surface area contributed by atoms with Crippen molar-refractivity contribution in [1.82, 2.24) is 10.3 Å². The van der Waals surface area contributed by atoms with Crippen molar-refractivity contribution < 1.29 is 13.9 Å². The Hall–Kier alpha value is -2.38. The number of nitrogens with zero attached hydrogens (tertiary/aromatic N) is 1. The predicted octanol–water partition coefficient (Wildman–Crippen LogP) is 2.86. The number of benzene rings is 1. The molecule has 0 bridgehead atoms. The lowest BCUT2D eigenvalue weighted by Gasteiger charge is -2.24. The summed E-state index contributed by atoms with van der Waals surface area (Å²) in [5.41, 5.74) is 6.20. The minimum Gasteiger partial charge on any atom is -0.496 e. The molecule has 1 aliphatic heterocycles. The summed E-state index contributed by atoms with van der Waals surface area (Å²) in [6, 6.07) is 5.91. The van der Waals surface area contributed by atoms with Crippen LogP contribution >= 0.6 is 11.6 Å². The van der Waals surface area contributed by atoms with Crippen molar-refractivity contribution in [2.45, 2.75) is 18.9 Å². The molecule has 138 valence electrons. The summed E-state index contributed by atoms with van der Waals surface area (Å²) < 4.78 is 18.9. The number of aromatic nitrogens is 1. The number of anilines is 2. The molecule has 0 spiro atoms. The molecule has 1 saturated heterocycles. The molecule has 1 aliphatic rings. The monoisotopic (exact) mass is 378 g/mol. The first kappa shape index (κ1) is 18.4. The van der Waals surface area contributed by atoms with Gasteiger partial charge in [0.2, 0.25) is 5.78 Å². The highest BCUT2D eigenvalue weighted by atomic mass is 35.5. The Morgan fingerprint density at radius 1 is 1.35 bits per heavy atom. The fourth-order valence-electron chi connectivity index (χ4n) is 2.94. The number of nitrogen functional groups attached to an aromatic ring is 1. The molecule has 0 atom stereocenters. The van der Waals surface area contributed by atoms with Crippen molar-refractivity contribution >= 4 is 29.0 Å². The molecule has 26 heavy (non-hydrogen) atoms. The summed E-state index contributed by atoms with van der Waals surface area (Å²) >= 11 is 5.74. The number of carbonyl (C=O) groups excluding carboxylic acids is 1. The summed E-state index contributed by atoms with van der Waals surface area (Å²) in [6.45, 7) is 1.90. The van der Waals surface area contributed by atoms with E-state index in [4.69, 9.17) is 22.1 Å². The van der Waals surface area contributed by atoms with Gasteiger partial charge in [-0.2, -0.15) is 0 Å². The number of hydrogen-bond acceptors (Lipinski definition) is 6. The SMILES string of the molecule is COc1cc(Cl)c(F)cc1C(=O)c1ccc(NC2CCNCC2)nc1N. The van der Waals surface area contributed by atoms with Crippen molar-refractivity contribution in [3.8, 4) is 5.75 Å². The van der Waals surface area contributed by atoms with Gasteiger partial charge in [-0.25, -0.2) is 9.37 Å². The maximum atomic E-state index is 13.8. The average molecular weight is 379 g/mol. The van der Waals surface area contributed by atoms with Gasteiger partial charge in [0.1, 0.15) is 23.2 Å². The minimum absolute atomic E-state index is 0.0435. The number of methoxy groups -OCH3 is 1. The molecule has 3 rings (SSSR count). The molecule has 1 fully saturated rings. The maximum Gasteiger partial charge on any atom is 0.200 e. The fourth-order valence-corrected chi connectivity index (χ4v) is 3.10. The Morgan fingerprint density at radius 3 is 2.73 bits per heavy atom. The van der Waals surface area contributed by atoms with Crippen LogP contribution < -0.4 is 21.1 Å². The highest BCUT2D eigenvalue weighted by molar-refractivity contribution is 6.31. The molecule has 1 aromatic heterocycles. The van der Waals surface area contributed by atoms with E-state index < -0.39 is 11.6 Å². The second-order valence-electron chi connectivity index (χ2n) is 6.09. The average Bonchev–Trinajstić information content (AvgIpc) is 2.64. The number of nitrogens with one attached hydrogen (secondary N) is 2. The molecule has 0 aliphatic carbocycles. The second-order valence-corrected chi connectivity index (χ2v) is 6.50. The van der Waals surface area contributed by atoms with Crippen LogP contribution in [0, 0.1) is 5.82 Å². The standard InChI is InChI=1S/C18H20ClFN4O2/c1-26-15-9-13(19)14(20)8-12(15)17(25)11-2-3-16(24-18(11)21)23-10-4-6-22-7-5-10/h2-3,8-10,22H,4-7H2,1H3,(H3,21,23,24). The summed E-state index contributed by atoms with van der Waals surface area (Å²) in [5, 5.41) is 6.49. The molecule has 1 aromatic carbocycles. The molecular weight excluding hydrogens is 359 g/mol. The Labute approximate surface area is 155 Å². The van der Waals surface area contributed by atoms with Gasteiger partial charge in [-0.3, -0.25) is 4.79 Å². The molecule has 2 heterocycles. The molecule has 4 N–H and O–H groups in total. The van der Waals surface area contributed by atoms with Gasteiger partial charge in [0.25, 0.3) is 0 Å². The van der Waals surface area contributed by atoms with E-state index in [1.165, 1.54) is 13.2 Å². The van der Waals surface area contributed by atoms with E-state index in [0.29, 0.717) is 11.9 Å². The van der Waals surface area contributed by atoms with Crippen LogP contribution in [0.1, 0.15) is 28.8 Å². The van der Waals surface area contributed by atoms with Gasteiger partial charge in [0.15, 0.2) is 0 Å². The zero-order chi connectivity index (χ0) is 18.7. The first-order valence-corrected chi connectivity index (χ1v) is 8.69. The van der Waals surface area contributed by atoms with E-state index in [1.807, 2.05) is 0 Å². The number of nitrogens with two attached hydrogens (primary N) is 1. The van der Waals surface area contributed by atoms with E-state index in [0.717, 1.165) is 32.0 Å². The van der Waals surface area contributed by atoms with Crippen molar-refractivity contribution in [3.63, 3.8) is 0 Å². The number of carbonyl (C=O) groups is 1. The molecule has 8 heteroatoms. The number of hydrogen-bond donors (Lipinski definition) is 3. The number of ether oxygens (including phenoxy) is 1. The zero-order valence-corrected chi connectivity index (χ0v) is 15.1. The first-order valence-electron chi connectivity index (χ1n) is 8.31. The minimum atomic E-state index is -0.702. The molecule has 2 aromatic rings. The van der Waals surface area contributed by atoms with Gasteiger partial charge in [-0.1, -0.05) is 11.6 Å². The second kappa shape index (κ2) is 7.88. The lowest BCUT2D eigenvalue weighted by atomic mass is 10.0. The van der Waals surface area contributed by atoms with Gasteiger partial charge < -0.3 is 21.1 Å². The Morgan fingerprint density at radius 2 is 2.08 bits per heavy atom. The Kier molecular flexibility index (Phi) is 5.58. The molecule has 0 saturated carbocycles. The number of ketones is 1. The largest absolute Gasteiger partial charge is 0.496 e. The lowest BCUT2D eigenvalue weighted by molar-refractivity contribution is 0.103. The highest BCUT2D eigenvalue weighted by Gasteiger charge is 2.21. The van der Waals surface area contributed by atoms with E-state index in [1.54, 1.807) is 12.1 Å². The van der Waals surface area contributed by atoms with Crippen LogP contribution in [0.25, 0.3) is 0 Å². The van der Waals surface area contributed by atoms with E-state index in [9.17, 15) is 9.18 Å². The van der Waals surface area contributed by atoms with Gasteiger partial charge in [0.05, 0.1) is 23.3 Å². The number of pyridine rings is 1. The van der Waals surface area contributed by atoms with E-state index in [2.05, 4.69) is 15.6 Å². The molecule has 0 amide bonds. The maximum absolute atomic E-state index is 13.8. The third kappa shape index (κ3) is 3.89. The number of piperidine rings is 1. The topological polar surface area (TPSA) is 89.3 Å².